The first-order chi connectivity index (χ1) is 11.7. The molecule has 3 aliphatic rings. The Bertz CT molecular complexity index is 578. The van der Waals surface area contributed by atoms with Gasteiger partial charge in [-0.05, 0) is 49.9 Å². The highest BCUT2D eigenvalue weighted by atomic mass is 16.2. The molecule has 4 rings (SSSR count). The summed E-state index contributed by atoms with van der Waals surface area (Å²) in [6.07, 6.45) is 2.26. The van der Waals surface area contributed by atoms with Crippen LogP contribution in [0, 0.1) is 11.8 Å². The molecule has 0 radical (unpaired) electrons. The second-order valence-electron chi connectivity index (χ2n) is 8.02. The molecule has 3 saturated heterocycles. The zero-order valence-corrected chi connectivity index (χ0v) is 14.7. The van der Waals surface area contributed by atoms with Crippen molar-refractivity contribution in [3.63, 3.8) is 0 Å². The van der Waals surface area contributed by atoms with Gasteiger partial charge in [0.1, 0.15) is 0 Å². The molecule has 130 valence electrons. The molecule has 4 heteroatoms. The van der Waals surface area contributed by atoms with E-state index in [0.717, 1.165) is 44.3 Å². The second-order valence-corrected chi connectivity index (χ2v) is 8.02. The van der Waals surface area contributed by atoms with Crippen LogP contribution in [-0.4, -0.2) is 61.5 Å². The smallest absolute Gasteiger partial charge is 0.219 e. The minimum absolute atomic E-state index is 0.142. The largest absolute Gasteiger partial charge is 0.342 e. The van der Waals surface area contributed by atoms with Crippen molar-refractivity contribution in [3.8, 4) is 0 Å². The molecule has 1 N–H and O–H groups in total. The van der Waals surface area contributed by atoms with Crippen LogP contribution in [0.4, 0.5) is 0 Å². The third-order valence-corrected chi connectivity index (χ3v) is 6.56. The summed E-state index contributed by atoms with van der Waals surface area (Å²) in [5.74, 6) is 1.93. The van der Waals surface area contributed by atoms with Gasteiger partial charge in [-0.3, -0.25) is 4.79 Å². The number of amides is 1. The van der Waals surface area contributed by atoms with Crippen molar-refractivity contribution in [1.82, 2.24) is 15.1 Å². The van der Waals surface area contributed by atoms with Crippen molar-refractivity contribution in [2.24, 2.45) is 11.8 Å². The highest BCUT2D eigenvalue weighted by Gasteiger charge is 2.42. The predicted octanol–water partition coefficient (Wildman–Crippen LogP) is 1.72. The Morgan fingerprint density at radius 3 is 2.54 bits per heavy atom. The molecule has 1 amide bonds. The molecule has 1 aromatic carbocycles. The molecule has 24 heavy (non-hydrogen) atoms. The maximum absolute atomic E-state index is 11.9. The van der Waals surface area contributed by atoms with E-state index in [1.54, 1.807) is 6.92 Å². The predicted molar refractivity (Wildman–Crippen MR) is 95.9 cm³/mol. The monoisotopic (exact) mass is 327 g/mol. The van der Waals surface area contributed by atoms with Gasteiger partial charge in [-0.2, -0.15) is 0 Å². The molecule has 1 aromatic rings. The molecule has 3 unspecified atom stereocenters. The zero-order chi connectivity index (χ0) is 16.6. The lowest BCUT2D eigenvalue weighted by atomic mass is 9.76. The zero-order valence-electron chi connectivity index (χ0n) is 14.7. The van der Waals surface area contributed by atoms with Gasteiger partial charge in [0, 0.05) is 38.5 Å². The fourth-order valence-electron chi connectivity index (χ4n) is 5.02. The lowest BCUT2D eigenvalue weighted by molar-refractivity contribution is -0.128. The summed E-state index contributed by atoms with van der Waals surface area (Å²) in [5.41, 5.74) is 1.55. The molecule has 0 aliphatic carbocycles. The normalized spacial score (nSPS) is 33.1. The standard InChI is InChI=1S/C20H29N3O/c1-16(24)23-10-8-20(15-23,19-5-3-2-4-6-19)7-9-22-13-17-11-21-12-18(17)14-22/h2-6,17-18,21H,7-15H2,1H3. The van der Waals surface area contributed by atoms with Gasteiger partial charge in [-0.25, -0.2) is 0 Å². The Morgan fingerprint density at radius 2 is 1.92 bits per heavy atom. The first kappa shape index (κ1) is 16.1. The van der Waals surface area contributed by atoms with Crippen LogP contribution in [0.15, 0.2) is 30.3 Å². The number of carbonyl (C=O) groups is 1. The maximum Gasteiger partial charge on any atom is 0.219 e. The van der Waals surface area contributed by atoms with E-state index in [0.29, 0.717) is 0 Å². The number of rotatable bonds is 4. The molecule has 0 aromatic heterocycles. The third kappa shape index (κ3) is 2.98. The fraction of sp³-hybridized carbons (Fsp3) is 0.650. The van der Waals surface area contributed by atoms with Crippen LogP contribution in [0.1, 0.15) is 25.3 Å². The number of fused-ring (bicyclic) bond motifs is 1. The average molecular weight is 327 g/mol. The molecule has 3 atom stereocenters. The SMILES string of the molecule is CC(=O)N1CCC(CCN2CC3CNCC3C2)(c2ccccc2)C1. The van der Waals surface area contributed by atoms with E-state index in [1.165, 1.54) is 31.7 Å². The minimum atomic E-state index is 0.142. The van der Waals surface area contributed by atoms with Gasteiger partial charge in [0.05, 0.1) is 0 Å². The summed E-state index contributed by atoms with van der Waals surface area (Å²) < 4.78 is 0. The molecule has 0 bridgehead atoms. The quantitative estimate of drug-likeness (QED) is 0.915. The van der Waals surface area contributed by atoms with Crippen molar-refractivity contribution in [2.75, 3.05) is 45.8 Å². The Balaban J connectivity index is 1.46. The summed E-state index contributed by atoms with van der Waals surface area (Å²) in [4.78, 5) is 16.6. The molecule has 0 saturated carbocycles. The van der Waals surface area contributed by atoms with E-state index in [1.807, 2.05) is 4.90 Å². The van der Waals surface area contributed by atoms with Crippen LogP contribution < -0.4 is 5.32 Å². The van der Waals surface area contributed by atoms with Crippen molar-refractivity contribution in [3.05, 3.63) is 35.9 Å². The lowest BCUT2D eigenvalue weighted by Gasteiger charge is -2.32. The van der Waals surface area contributed by atoms with Crippen LogP contribution in [0.3, 0.4) is 0 Å². The maximum atomic E-state index is 11.9. The van der Waals surface area contributed by atoms with Gasteiger partial charge in [-0.1, -0.05) is 30.3 Å². The van der Waals surface area contributed by atoms with Crippen molar-refractivity contribution < 1.29 is 4.79 Å². The first-order valence-electron chi connectivity index (χ1n) is 9.40. The van der Waals surface area contributed by atoms with Crippen molar-refractivity contribution >= 4 is 5.91 Å². The summed E-state index contributed by atoms with van der Waals surface area (Å²) >= 11 is 0. The molecule has 3 heterocycles. The number of nitrogens with one attached hydrogen (secondary N) is 1. The van der Waals surface area contributed by atoms with Crippen LogP contribution >= 0.6 is 0 Å². The Labute approximate surface area is 145 Å². The molecule has 3 aliphatic heterocycles. The van der Waals surface area contributed by atoms with Gasteiger partial charge in [0.2, 0.25) is 5.91 Å². The average Bonchev–Trinajstić information content (AvgIpc) is 3.29. The van der Waals surface area contributed by atoms with E-state index in [-0.39, 0.29) is 11.3 Å². The van der Waals surface area contributed by atoms with Crippen LogP contribution in [0.25, 0.3) is 0 Å². The molecule has 3 fully saturated rings. The number of benzene rings is 1. The van der Waals surface area contributed by atoms with Crippen molar-refractivity contribution in [1.29, 1.82) is 0 Å². The van der Waals surface area contributed by atoms with Gasteiger partial charge in [-0.15, -0.1) is 0 Å². The van der Waals surface area contributed by atoms with Crippen LogP contribution in [0.5, 0.6) is 0 Å². The number of carbonyl (C=O) groups excluding carboxylic acids is 1. The van der Waals surface area contributed by atoms with Gasteiger partial charge < -0.3 is 15.1 Å². The van der Waals surface area contributed by atoms with E-state index in [9.17, 15) is 4.79 Å². The second kappa shape index (κ2) is 6.49. The van der Waals surface area contributed by atoms with Gasteiger partial charge in [0.15, 0.2) is 0 Å². The first-order valence-corrected chi connectivity index (χ1v) is 9.40. The number of likely N-dealkylation sites (tertiary alicyclic amines) is 2. The molecular weight excluding hydrogens is 298 g/mol. The summed E-state index contributed by atoms with van der Waals surface area (Å²) in [5, 5.41) is 3.52. The third-order valence-electron chi connectivity index (χ3n) is 6.56. The molecule has 0 spiro atoms. The van der Waals surface area contributed by atoms with E-state index in [2.05, 4.69) is 40.5 Å². The fourth-order valence-corrected chi connectivity index (χ4v) is 5.02. The van der Waals surface area contributed by atoms with E-state index >= 15 is 0 Å². The van der Waals surface area contributed by atoms with E-state index < -0.39 is 0 Å². The lowest BCUT2D eigenvalue weighted by Crippen LogP contribution is -2.37. The van der Waals surface area contributed by atoms with Crippen LogP contribution in [-0.2, 0) is 10.2 Å². The van der Waals surface area contributed by atoms with Crippen molar-refractivity contribution in [2.45, 2.75) is 25.2 Å². The molecular formula is C20H29N3O. The summed E-state index contributed by atoms with van der Waals surface area (Å²) in [7, 11) is 0. The Morgan fingerprint density at radius 1 is 1.21 bits per heavy atom. The Hall–Kier alpha value is -1.39. The highest BCUT2D eigenvalue weighted by Crippen LogP contribution is 2.38. The van der Waals surface area contributed by atoms with Crippen LogP contribution in [0.2, 0.25) is 0 Å². The number of nitrogens with zero attached hydrogens (tertiary/aromatic N) is 2. The number of hydrogen-bond acceptors (Lipinski definition) is 3. The topological polar surface area (TPSA) is 35.6 Å². The van der Waals surface area contributed by atoms with E-state index in [4.69, 9.17) is 0 Å². The van der Waals surface area contributed by atoms with Gasteiger partial charge in [0.25, 0.3) is 0 Å². The summed E-state index contributed by atoms with van der Waals surface area (Å²) in [6.45, 7) is 9.54. The summed E-state index contributed by atoms with van der Waals surface area (Å²) in [6, 6.07) is 10.9. The minimum Gasteiger partial charge on any atom is -0.342 e. The Kier molecular flexibility index (Phi) is 4.35. The highest BCUT2D eigenvalue weighted by molar-refractivity contribution is 5.73. The molecule has 4 nitrogen and oxygen atoms in total. The number of hydrogen-bond donors (Lipinski definition) is 1. The van der Waals surface area contributed by atoms with Gasteiger partial charge >= 0.3 is 0 Å².